The standard InChI is InChI=1S/C15H21Br2NO/c1-4-6-18-10-11(5-2)7-12-8-13(16)9-14(17)15(12)19-3/h7-9,18H,4-6,10H2,1-3H3. The largest absolute Gasteiger partial charge is 0.495 e. The van der Waals surface area contributed by atoms with Gasteiger partial charge in [-0.15, -0.1) is 0 Å². The Morgan fingerprint density at radius 3 is 2.63 bits per heavy atom. The molecule has 1 aromatic carbocycles. The molecule has 106 valence electrons. The molecule has 0 fully saturated rings. The number of halogens is 2. The summed E-state index contributed by atoms with van der Waals surface area (Å²) in [5.41, 5.74) is 2.47. The fourth-order valence-corrected chi connectivity index (χ4v) is 3.25. The molecule has 4 heteroatoms. The molecule has 1 rings (SSSR count). The Bertz CT molecular complexity index is 444. The van der Waals surface area contributed by atoms with Crippen LogP contribution in [0.1, 0.15) is 32.3 Å². The Morgan fingerprint density at radius 2 is 2.05 bits per heavy atom. The second kappa shape index (κ2) is 8.77. The van der Waals surface area contributed by atoms with Gasteiger partial charge in [-0.25, -0.2) is 0 Å². The molecule has 0 bridgehead atoms. The SMILES string of the molecule is CCCNCC(=Cc1cc(Br)cc(Br)c1OC)CC. The molecule has 2 nitrogen and oxygen atoms in total. The normalized spacial score (nSPS) is 11.7. The van der Waals surface area contributed by atoms with Crippen molar-refractivity contribution in [1.82, 2.24) is 5.32 Å². The smallest absolute Gasteiger partial charge is 0.140 e. The third kappa shape index (κ3) is 5.28. The molecule has 0 spiro atoms. The molecule has 0 aliphatic carbocycles. The number of nitrogens with one attached hydrogen (secondary N) is 1. The van der Waals surface area contributed by atoms with Crippen molar-refractivity contribution in [2.24, 2.45) is 0 Å². The van der Waals surface area contributed by atoms with Gasteiger partial charge in [0, 0.05) is 16.6 Å². The van der Waals surface area contributed by atoms with E-state index in [0.29, 0.717) is 0 Å². The second-order valence-electron chi connectivity index (χ2n) is 4.34. The van der Waals surface area contributed by atoms with Crippen molar-refractivity contribution in [3.63, 3.8) is 0 Å². The first kappa shape index (κ1) is 16.7. The second-order valence-corrected chi connectivity index (χ2v) is 6.11. The van der Waals surface area contributed by atoms with Crippen LogP contribution in [-0.4, -0.2) is 20.2 Å². The van der Waals surface area contributed by atoms with Gasteiger partial charge in [0.1, 0.15) is 5.75 Å². The third-order valence-electron chi connectivity index (χ3n) is 2.83. The molecule has 1 N–H and O–H groups in total. The minimum Gasteiger partial charge on any atom is -0.495 e. The van der Waals surface area contributed by atoms with Crippen LogP contribution in [-0.2, 0) is 0 Å². The lowest BCUT2D eigenvalue weighted by molar-refractivity contribution is 0.411. The lowest BCUT2D eigenvalue weighted by Gasteiger charge is -2.11. The fourth-order valence-electron chi connectivity index (χ4n) is 1.83. The Hall–Kier alpha value is -0.320. The van der Waals surface area contributed by atoms with Crippen LogP contribution in [0, 0.1) is 0 Å². The van der Waals surface area contributed by atoms with Crippen molar-refractivity contribution >= 4 is 37.9 Å². The molecule has 0 saturated heterocycles. The van der Waals surface area contributed by atoms with Gasteiger partial charge in [0.05, 0.1) is 11.6 Å². The summed E-state index contributed by atoms with van der Waals surface area (Å²) in [6.45, 7) is 6.34. The minimum atomic E-state index is 0.879. The first-order chi connectivity index (χ1) is 9.12. The van der Waals surface area contributed by atoms with Crippen molar-refractivity contribution in [1.29, 1.82) is 0 Å². The third-order valence-corrected chi connectivity index (χ3v) is 3.88. The van der Waals surface area contributed by atoms with Crippen molar-refractivity contribution < 1.29 is 4.74 Å². The highest BCUT2D eigenvalue weighted by Crippen LogP contribution is 2.34. The van der Waals surface area contributed by atoms with E-state index in [1.54, 1.807) is 7.11 Å². The number of hydrogen-bond acceptors (Lipinski definition) is 2. The molecular weight excluding hydrogens is 370 g/mol. The predicted molar refractivity (Wildman–Crippen MR) is 89.8 cm³/mol. The van der Waals surface area contributed by atoms with Gasteiger partial charge < -0.3 is 10.1 Å². The molecule has 0 atom stereocenters. The summed E-state index contributed by atoms with van der Waals surface area (Å²) in [5.74, 6) is 0.879. The van der Waals surface area contributed by atoms with Crippen LogP contribution in [0.5, 0.6) is 5.75 Å². The van der Waals surface area contributed by atoms with Crippen LogP contribution in [0.4, 0.5) is 0 Å². The molecule has 0 aliphatic rings. The van der Waals surface area contributed by atoms with E-state index in [1.165, 1.54) is 5.57 Å². The van der Waals surface area contributed by atoms with E-state index in [4.69, 9.17) is 4.74 Å². The van der Waals surface area contributed by atoms with Gasteiger partial charge in [-0.3, -0.25) is 0 Å². The highest BCUT2D eigenvalue weighted by Gasteiger charge is 2.08. The van der Waals surface area contributed by atoms with Gasteiger partial charge in [-0.1, -0.05) is 41.4 Å². The highest BCUT2D eigenvalue weighted by molar-refractivity contribution is 9.11. The van der Waals surface area contributed by atoms with Crippen LogP contribution < -0.4 is 10.1 Å². The van der Waals surface area contributed by atoms with Gasteiger partial charge in [0.25, 0.3) is 0 Å². The topological polar surface area (TPSA) is 21.3 Å². The summed E-state index contributed by atoms with van der Waals surface area (Å²) in [4.78, 5) is 0. The van der Waals surface area contributed by atoms with E-state index in [9.17, 15) is 0 Å². The van der Waals surface area contributed by atoms with E-state index >= 15 is 0 Å². The molecule has 0 heterocycles. The molecular formula is C15H21Br2NO. The zero-order valence-corrected chi connectivity index (χ0v) is 14.9. The first-order valence-electron chi connectivity index (χ1n) is 6.55. The van der Waals surface area contributed by atoms with Crippen molar-refractivity contribution in [3.05, 3.63) is 32.2 Å². The van der Waals surface area contributed by atoms with Gasteiger partial charge in [0.15, 0.2) is 0 Å². The van der Waals surface area contributed by atoms with Crippen LogP contribution in [0.3, 0.4) is 0 Å². The van der Waals surface area contributed by atoms with Crippen LogP contribution in [0.2, 0.25) is 0 Å². The van der Waals surface area contributed by atoms with E-state index in [2.05, 4.69) is 63.2 Å². The van der Waals surface area contributed by atoms with Crippen LogP contribution >= 0.6 is 31.9 Å². The van der Waals surface area contributed by atoms with Crippen molar-refractivity contribution in [2.75, 3.05) is 20.2 Å². The quantitative estimate of drug-likeness (QED) is 0.660. The molecule has 0 aromatic heterocycles. The summed E-state index contributed by atoms with van der Waals surface area (Å²) in [6.07, 6.45) is 4.39. The van der Waals surface area contributed by atoms with Crippen molar-refractivity contribution in [2.45, 2.75) is 26.7 Å². The zero-order valence-electron chi connectivity index (χ0n) is 11.7. The molecule has 1 aromatic rings. The van der Waals surface area contributed by atoms with E-state index < -0.39 is 0 Å². The average molecular weight is 391 g/mol. The lowest BCUT2D eigenvalue weighted by Crippen LogP contribution is -2.17. The number of rotatable bonds is 7. The number of ether oxygens (including phenoxy) is 1. The number of methoxy groups -OCH3 is 1. The lowest BCUT2D eigenvalue weighted by atomic mass is 10.1. The molecule has 0 saturated carbocycles. The van der Waals surface area contributed by atoms with E-state index in [1.807, 2.05) is 6.07 Å². The maximum atomic E-state index is 5.47. The van der Waals surface area contributed by atoms with Gasteiger partial charge in [-0.05, 0) is 47.4 Å². The maximum absolute atomic E-state index is 5.47. The van der Waals surface area contributed by atoms with Crippen LogP contribution in [0.25, 0.3) is 6.08 Å². The van der Waals surface area contributed by atoms with Gasteiger partial charge >= 0.3 is 0 Å². The monoisotopic (exact) mass is 389 g/mol. The predicted octanol–water partition coefficient (Wildman–Crippen LogP) is 5.01. The number of benzene rings is 1. The van der Waals surface area contributed by atoms with Crippen LogP contribution in [0.15, 0.2) is 26.7 Å². The Morgan fingerprint density at radius 1 is 1.32 bits per heavy atom. The zero-order chi connectivity index (χ0) is 14.3. The molecule has 0 aliphatic heterocycles. The Balaban J connectivity index is 2.99. The summed E-state index contributed by atoms with van der Waals surface area (Å²) in [6, 6.07) is 4.08. The summed E-state index contributed by atoms with van der Waals surface area (Å²) < 4.78 is 7.48. The highest BCUT2D eigenvalue weighted by atomic mass is 79.9. The van der Waals surface area contributed by atoms with E-state index in [0.717, 1.165) is 46.2 Å². The van der Waals surface area contributed by atoms with Gasteiger partial charge in [0.2, 0.25) is 0 Å². The Kier molecular flexibility index (Phi) is 7.73. The minimum absolute atomic E-state index is 0.879. The average Bonchev–Trinajstić information content (AvgIpc) is 2.37. The summed E-state index contributed by atoms with van der Waals surface area (Å²) in [7, 11) is 1.70. The maximum Gasteiger partial charge on any atom is 0.140 e. The molecule has 0 amide bonds. The van der Waals surface area contributed by atoms with E-state index in [-0.39, 0.29) is 0 Å². The summed E-state index contributed by atoms with van der Waals surface area (Å²) in [5, 5.41) is 3.44. The van der Waals surface area contributed by atoms with Crippen molar-refractivity contribution in [3.8, 4) is 5.75 Å². The molecule has 0 radical (unpaired) electrons. The first-order valence-corrected chi connectivity index (χ1v) is 8.14. The fraction of sp³-hybridized carbons (Fsp3) is 0.467. The number of hydrogen-bond donors (Lipinski definition) is 1. The molecule has 0 unspecified atom stereocenters. The summed E-state index contributed by atoms with van der Waals surface area (Å²) >= 11 is 7.06. The molecule has 19 heavy (non-hydrogen) atoms. The van der Waals surface area contributed by atoms with Gasteiger partial charge in [-0.2, -0.15) is 0 Å². The Labute approximate surface area is 132 Å².